The Hall–Kier alpha value is -2.45. The Morgan fingerprint density at radius 2 is 1.96 bits per heavy atom. The molecule has 3 aromatic heterocycles. The number of nitrogen functional groups attached to an aromatic ring is 1. The topological polar surface area (TPSA) is 94.3 Å². The molecular formula is C18H19N3O3S2. The van der Waals surface area contributed by atoms with Gasteiger partial charge >= 0.3 is 5.97 Å². The second-order valence-electron chi connectivity index (χ2n) is 5.81. The zero-order valence-electron chi connectivity index (χ0n) is 14.9. The van der Waals surface area contributed by atoms with Gasteiger partial charge in [-0.05, 0) is 45.4 Å². The number of nitrogens with two attached hydrogens (primary N) is 1. The Morgan fingerprint density at radius 1 is 1.23 bits per heavy atom. The number of ether oxygens (including phenoxy) is 1. The molecule has 0 saturated heterocycles. The van der Waals surface area contributed by atoms with Gasteiger partial charge in [-0.1, -0.05) is 0 Å². The van der Waals surface area contributed by atoms with E-state index >= 15 is 0 Å². The average molecular weight is 390 g/mol. The molecule has 26 heavy (non-hydrogen) atoms. The van der Waals surface area contributed by atoms with Crippen LogP contribution in [0.25, 0.3) is 10.2 Å². The van der Waals surface area contributed by atoms with Crippen molar-refractivity contribution in [3.8, 4) is 0 Å². The smallest absolute Gasteiger partial charge is 0.341 e. The summed E-state index contributed by atoms with van der Waals surface area (Å²) >= 11 is 2.59. The van der Waals surface area contributed by atoms with Crippen LogP contribution in [-0.4, -0.2) is 23.5 Å². The standard InChI is InChI=1S/C18H19N3O3S2/c1-5-24-18(23)12-9(3)10(4)25-17(12)21-15(22)14-13(19)11-7-6-8(2)20-16(11)26-14/h6-7H,5,19H2,1-4H3,(H,21,22). The number of aromatic nitrogens is 1. The fourth-order valence-corrected chi connectivity index (χ4v) is 4.66. The van der Waals surface area contributed by atoms with E-state index < -0.39 is 5.97 Å². The monoisotopic (exact) mass is 389 g/mol. The van der Waals surface area contributed by atoms with Crippen LogP contribution in [0.4, 0.5) is 10.7 Å². The molecule has 6 nitrogen and oxygen atoms in total. The predicted octanol–water partition coefficient (Wildman–Crippen LogP) is 4.29. The lowest BCUT2D eigenvalue weighted by molar-refractivity contribution is 0.0527. The first-order chi connectivity index (χ1) is 12.3. The van der Waals surface area contributed by atoms with E-state index in [0.29, 0.717) is 21.1 Å². The number of rotatable bonds is 4. The molecule has 0 aliphatic carbocycles. The van der Waals surface area contributed by atoms with Crippen LogP contribution >= 0.6 is 22.7 Å². The van der Waals surface area contributed by atoms with Crippen molar-refractivity contribution in [3.63, 3.8) is 0 Å². The number of fused-ring (bicyclic) bond motifs is 1. The molecule has 0 aromatic carbocycles. The van der Waals surface area contributed by atoms with Gasteiger partial charge in [0.05, 0.1) is 17.9 Å². The number of pyridine rings is 1. The number of hydrogen-bond donors (Lipinski definition) is 2. The lowest BCUT2D eigenvalue weighted by atomic mass is 10.1. The van der Waals surface area contributed by atoms with E-state index in [1.54, 1.807) is 6.92 Å². The summed E-state index contributed by atoms with van der Waals surface area (Å²) < 4.78 is 5.12. The summed E-state index contributed by atoms with van der Waals surface area (Å²) in [5, 5.41) is 4.06. The van der Waals surface area contributed by atoms with Gasteiger partial charge < -0.3 is 15.8 Å². The van der Waals surface area contributed by atoms with Crippen LogP contribution in [0.15, 0.2) is 12.1 Å². The third-order valence-corrected chi connectivity index (χ3v) is 6.27. The van der Waals surface area contributed by atoms with Crippen LogP contribution in [0.5, 0.6) is 0 Å². The molecule has 3 aromatic rings. The highest BCUT2D eigenvalue weighted by atomic mass is 32.1. The number of aryl methyl sites for hydroxylation is 2. The maximum atomic E-state index is 12.8. The highest BCUT2D eigenvalue weighted by Gasteiger charge is 2.24. The quantitative estimate of drug-likeness (QED) is 0.649. The third kappa shape index (κ3) is 3.17. The Kier molecular flexibility index (Phi) is 4.97. The fraction of sp³-hybridized carbons (Fsp3) is 0.278. The van der Waals surface area contributed by atoms with Crippen molar-refractivity contribution in [2.24, 2.45) is 0 Å². The molecule has 3 N–H and O–H groups in total. The number of carbonyl (C=O) groups excluding carboxylic acids is 2. The molecule has 0 aliphatic rings. The molecule has 8 heteroatoms. The van der Waals surface area contributed by atoms with Crippen LogP contribution in [0.3, 0.4) is 0 Å². The summed E-state index contributed by atoms with van der Waals surface area (Å²) in [7, 11) is 0. The van der Waals surface area contributed by atoms with Gasteiger partial charge in [-0.2, -0.15) is 0 Å². The highest BCUT2D eigenvalue weighted by molar-refractivity contribution is 7.21. The summed E-state index contributed by atoms with van der Waals surface area (Å²) in [6, 6.07) is 3.72. The summed E-state index contributed by atoms with van der Waals surface area (Å²) in [5.74, 6) is -0.791. The molecule has 0 unspecified atom stereocenters. The second-order valence-corrected chi connectivity index (χ2v) is 8.04. The summed E-state index contributed by atoms with van der Waals surface area (Å²) in [4.78, 5) is 31.5. The summed E-state index contributed by atoms with van der Waals surface area (Å²) in [6.45, 7) is 7.65. The van der Waals surface area contributed by atoms with Gasteiger partial charge in [0.15, 0.2) is 0 Å². The first kappa shape index (κ1) is 18.3. The normalized spacial score (nSPS) is 10.9. The number of esters is 1. The number of hydrogen-bond acceptors (Lipinski definition) is 7. The molecule has 0 radical (unpaired) electrons. The van der Waals surface area contributed by atoms with E-state index in [9.17, 15) is 9.59 Å². The molecule has 3 rings (SSSR count). The van der Waals surface area contributed by atoms with Gasteiger partial charge in [0.1, 0.15) is 14.7 Å². The minimum Gasteiger partial charge on any atom is -0.462 e. The molecule has 3 heterocycles. The highest BCUT2D eigenvalue weighted by Crippen LogP contribution is 2.36. The second kappa shape index (κ2) is 7.05. The van der Waals surface area contributed by atoms with E-state index in [2.05, 4.69) is 10.3 Å². The van der Waals surface area contributed by atoms with Gasteiger partial charge in [0.2, 0.25) is 0 Å². The molecule has 136 valence electrons. The predicted molar refractivity (Wildman–Crippen MR) is 106 cm³/mol. The van der Waals surface area contributed by atoms with Crippen molar-refractivity contribution >= 4 is 55.5 Å². The maximum Gasteiger partial charge on any atom is 0.341 e. The molecule has 0 bridgehead atoms. The molecular weight excluding hydrogens is 370 g/mol. The fourth-order valence-electron chi connectivity index (χ4n) is 2.58. The van der Waals surface area contributed by atoms with Crippen LogP contribution in [-0.2, 0) is 4.74 Å². The van der Waals surface area contributed by atoms with Gasteiger partial charge in [-0.3, -0.25) is 4.79 Å². The minimum atomic E-state index is -0.439. The first-order valence-electron chi connectivity index (χ1n) is 8.07. The third-order valence-electron chi connectivity index (χ3n) is 4.03. The van der Waals surface area contributed by atoms with Crippen molar-refractivity contribution in [3.05, 3.63) is 38.7 Å². The van der Waals surface area contributed by atoms with Crippen molar-refractivity contribution in [2.75, 3.05) is 17.7 Å². The van der Waals surface area contributed by atoms with Crippen LogP contribution in [0.1, 0.15) is 43.1 Å². The first-order valence-corrected chi connectivity index (χ1v) is 9.70. The van der Waals surface area contributed by atoms with E-state index in [-0.39, 0.29) is 12.5 Å². The van der Waals surface area contributed by atoms with Gasteiger partial charge in [-0.15, -0.1) is 22.7 Å². The lowest BCUT2D eigenvalue weighted by Crippen LogP contribution is -2.15. The number of amides is 1. The molecule has 0 fully saturated rings. The van der Waals surface area contributed by atoms with E-state index in [0.717, 1.165) is 26.4 Å². The SMILES string of the molecule is CCOC(=O)c1c(NC(=O)c2sc3nc(C)ccc3c2N)sc(C)c1C. The summed E-state index contributed by atoms with van der Waals surface area (Å²) in [5.41, 5.74) is 8.62. The largest absolute Gasteiger partial charge is 0.462 e. The van der Waals surface area contributed by atoms with Gasteiger partial charge in [0, 0.05) is 16.0 Å². The lowest BCUT2D eigenvalue weighted by Gasteiger charge is -2.06. The van der Waals surface area contributed by atoms with E-state index in [1.165, 1.54) is 22.7 Å². The minimum absolute atomic E-state index is 0.273. The van der Waals surface area contributed by atoms with Crippen LogP contribution < -0.4 is 11.1 Å². The number of nitrogens with one attached hydrogen (secondary N) is 1. The van der Waals surface area contributed by atoms with E-state index in [4.69, 9.17) is 10.5 Å². The zero-order valence-corrected chi connectivity index (χ0v) is 16.6. The van der Waals surface area contributed by atoms with Crippen molar-refractivity contribution in [1.29, 1.82) is 0 Å². The Labute approximate surface area is 159 Å². The number of anilines is 2. The molecule has 1 amide bonds. The average Bonchev–Trinajstić information content (AvgIpc) is 3.04. The van der Waals surface area contributed by atoms with Gasteiger partial charge in [0.25, 0.3) is 5.91 Å². The molecule has 0 atom stereocenters. The maximum absolute atomic E-state index is 12.8. The van der Waals surface area contributed by atoms with Gasteiger partial charge in [-0.25, -0.2) is 9.78 Å². The number of nitrogens with zero attached hydrogens (tertiary/aromatic N) is 1. The Bertz CT molecular complexity index is 1020. The zero-order chi connectivity index (χ0) is 19.0. The number of carbonyl (C=O) groups is 2. The Morgan fingerprint density at radius 3 is 2.65 bits per heavy atom. The number of thiophene rings is 2. The molecule has 0 spiro atoms. The molecule has 0 saturated carbocycles. The van der Waals surface area contributed by atoms with E-state index in [1.807, 2.05) is 32.9 Å². The Balaban J connectivity index is 1.97. The van der Waals surface area contributed by atoms with Crippen molar-refractivity contribution in [2.45, 2.75) is 27.7 Å². The van der Waals surface area contributed by atoms with Crippen LogP contribution in [0, 0.1) is 20.8 Å². The van der Waals surface area contributed by atoms with Crippen molar-refractivity contribution < 1.29 is 14.3 Å². The molecule has 0 aliphatic heterocycles. The van der Waals surface area contributed by atoms with Crippen molar-refractivity contribution in [1.82, 2.24) is 4.98 Å². The van der Waals surface area contributed by atoms with Crippen LogP contribution in [0.2, 0.25) is 0 Å². The summed E-state index contributed by atoms with van der Waals surface area (Å²) in [6.07, 6.45) is 0.